The highest BCUT2D eigenvalue weighted by molar-refractivity contribution is 5.80. The summed E-state index contributed by atoms with van der Waals surface area (Å²) in [6.07, 6.45) is 5.37. The second-order valence-corrected chi connectivity index (χ2v) is 6.56. The standard InChI is InChI=1S/C19H28F2N4O/c1-2-22-19(25-13-15-12-16(20)7-8-17(15)21)24-10-9-23-18(26)11-14-5-3-4-6-14/h7-8,12,14H,2-6,9-11,13H2,1H3,(H,23,26)(H2,22,24,25). The zero-order valence-corrected chi connectivity index (χ0v) is 15.3. The SMILES string of the molecule is CCNC(=NCc1cc(F)ccc1F)NCCNC(=O)CC1CCCC1. The molecule has 0 atom stereocenters. The van der Waals surface area contributed by atoms with Gasteiger partial charge in [-0.1, -0.05) is 12.8 Å². The predicted octanol–water partition coefficient (Wildman–Crippen LogP) is 2.72. The Bertz CT molecular complexity index is 616. The molecule has 26 heavy (non-hydrogen) atoms. The van der Waals surface area contributed by atoms with Gasteiger partial charge in [0.1, 0.15) is 11.6 Å². The third-order valence-corrected chi connectivity index (χ3v) is 4.45. The summed E-state index contributed by atoms with van der Waals surface area (Å²) in [4.78, 5) is 16.1. The molecule has 144 valence electrons. The minimum atomic E-state index is -0.487. The zero-order valence-electron chi connectivity index (χ0n) is 15.3. The zero-order chi connectivity index (χ0) is 18.8. The topological polar surface area (TPSA) is 65.5 Å². The number of benzene rings is 1. The van der Waals surface area contributed by atoms with E-state index in [-0.39, 0.29) is 18.0 Å². The maximum Gasteiger partial charge on any atom is 0.220 e. The van der Waals surface area contributed by atoms with Crippen LogP contribution in [-0.2, 0) is 11.3 Å². The van der Waals surface area contributed by atoms with Gasteiger partial charge in [-0.2, -0.15) is 0 Å². The van der Waals surface area contributed by atoms with Gasteiger partial charge >= 0.3 is 0 Å². The van der Waals surface area contributed by atoms with Crippen LogP contribution in [0, 0.1) is 17.6 Å². The normalized spacial score (nSPS) is 15.1. The summed E-state index contributed by atoms with van der Waals surface area (Å²) >= 11 is 0. The first-order chi connectivity index (χ1) is 12.6. The number of carbonyl (C=O) groups is 1. The van der Waals surface area contributed by atoms with Crippen LogP contribution < -0.4 is 16.0 Å². The minimum absolute atomic E-state index is 0.0347. The molecule has 1 aromatic carbocycles. The van der Waals surface area contributed by atoms with E-state index in [2.05, 4.69) is 20.9 Å². The highest BCUT2D eigenvalue weighted by atomic mass is 19.1. The number of aliphatic imine (C=N–C) groups is 1. The summed E-state index contributed by atoms with van der Waals surface area (Å²) in [5, 5.41) is 9.03. The third kappa shape index (κ3) is 6.98. The van der Waals surface area contributed by atoms with Crippen LogP contribution in [0.5, 0.6) is 0 Å². The van der Waals surface area contributed by atoms with Gasteiger partial charge in [0.05, 0.1) is 6.54 Å². The molecule has 1 aromatic rings. The number of hydrogen-bond donors (Lipinski definition) is 3. The van der Waals surface area contributed by atoms with E-state index in [0.29, 0.717) is 37.9 Å². The van der Waals surface area contributed by atoms with Crippen LogP contribution in [0.3, 0.4) is 0 Å². The van der Waals surface area contributed by atoms with Crippen LogP contribution in [0.4, 0.5) is 8.78 Å². The summed E-state index contributed by atoms with van der Waals surface area (Å²) in [6.45, 7) is 3.60. The number of nitrogens with one attached hydrogen (secondary N) is 3. The number of carbonyl (C=O) groups excluding carboxylic acids is 1. The smallest absolute Gasteiger partial charge is 0.220 e. The van der Waals surface area contributed by atoms with Gasteiger partial charge in [0, 0.05) is 31.6 Å². The van der Waals surface area contributed by atoms with Crippen molar-refractivity contribution in [1.29, 1.82) is 0 Å². The second-order valence-electron chi connectivity index (χ2n) is 6.56. The van der Waals surface area contributed by atoms with Crippen molar-refractivity contribution in [2.24, 2.45) is 10.9 Å². The van der Waals surface area contributed by atoms with Crippen molar-refractivity contribution < 1.29 is 13.6 Å². The van der Waals surface area contributed by atoms with E-state index in [1.807, 2.05) is 6.92 Å². The number of guanidine groups is 1. The molecule has 0 saturated heterocycles. The van der Waals surface area contributed by atoms with Crippen molar-refractivity contribution in [3.05, 3.63) is 35.4 Å². The molecular weight excluding hydrogens is 338 g/mol. The van der Waals surface area contributed by atoms with Gasteiger partial charge in [-0.05, 0) is 43.9 Å². The number of rotatable bonds is 8. The Morgan fingerprint density at radius 2 is 1.88 bits per heavy atom. The molecule has 0 heterocycles. The van der Waals surface area contributed by atoms with Crippen LogP contribution >= 0.6 is 0 Å². The van der Waals surface area contributed by atoms with Crippen molar-refractivity contribution in [2.75, 3.05) is 19.6 Å². The van der Waals surface area contributed by atoms with Crippen molar-refractivity contribution in [1.82, 2.24) is 16.0 Å². The maximum atomic E-state index is 13.6. The van der Waals surface area contributed by atoms with E-state index in [1.54, 1.807) is 0 Å². The Balaban J connectivity index is 1.74. The van der Waals surface area contributed by atoms with Crippen LogP contribution in [0.25, 0.3) is 0 Å². The molecule has 5 nitrogen and oxygen atoms in total. The first-order valence-corrected chi connectivity index (χ1v) is 9.31. The number of halogens is 2. The van der Waals surface area contributed by atoms with Crippen LogP contribution in [0.2, 0.25) is 0 Å². The van der Waals surface area contributed by atoms with Gasteiger partial charge < -0.3 is 16.0 Å². The first-order valence-electron chi connectivity index (χ1n) is 9.31. The van der Waals surface area contributed by atoms with Crippen LogP contribution in [-0.4, -0.2) is 31.5 Å². The Labute approximate surface area is 153 Å². The molecular formula is C19H28F2N4O. The highest BCUT2D eigenvalue weighted by Gasteiger charge is 2.17. The molecule has 2 rings (SSSR count). The summed E-state index contributed by atoms with van der Waals surface area (Å²) in [5.41, 5.74) is 0.201. The molecule has 1 saturated carbocycles. The average molecular weight is 366 g/mol. The average Bonchev–Trinajstić information content (AvgIpc) is 3.12. The fraction of sp³-hybridized carbons (Fsp3) is 0.579. The van der Waals surface area contributed by atoms with Gasteiger partial charge in [-0.3, -0.25) is 4.79 Å². The maximum absolute atomic E-state index is 13.6. The molecule has 0 aromatic heterocycles. The Morgan fingerprint density at radius 1 is 1.15 bits per heavy atom. The molecule has 1 aliphatic rings. The monoisotopic (exact) mass is 366 g/mol. The van der Waals surface area contributed by atoms with Gasteiger partial charge in [0.2, 0.25) is 5.91 Å². The lowest BCUT2D eigenvalue weighted by Crippen LogP contribution is -2.41. The molecule has 0 radical (unpaired) electrons. The lowest BCUT2D eigenvalue weighted by atomic mass is 10.0. The molecule has 0 aliphatic heterocycles. The quantitative estimate of drug-likeness (QED) is 0.377. The molecule has 7 heteroatoms. The predicted molar refractivity (Wildman–Crippen MR) is 98.8 cm³/mol. The second kappa shape index (κ2) is 10.7. The van der Waals surface area contributed by atoms with Gasteiger partial charge in [0.25, 0.3) is 0 Å². The Hall–Kier alpha value is -2.18. The van der Waals surface area contributed by atoms with Gasteiger partial charge in [-0.25, -0.2) is 13.8 Å². The van der Waals surface area contributed by atoms with Crippen LogP contribution in [0.1, 0.15) is 44.6 Å². The van der Waals surface area contributed by atoms with E-state index in [0.717, 1.165) is 31.0 Å². The van der Waals surface area contributed by atoms with E-state index in [1.165, 1.54) is 12.8 Å². The molecule has 0 unspecified atom stereocenters. The number of amides is 1. The molecule has 1 aliphatic carbocycles. The summed E-state index contributed by atoms with van der Waals surface area (Å²) in [6, 6.07) is 3.33. The fourth-order valence-electron chi connectivity index (χ4n) is 3.10. The molecule has 1 fully saturated rings. The van der Waals surface area contributed by atoms with Crippen LogP contribution in [0.15, 0.2) is 23.2 Å². The van der Waals surface area contributed by atoms with Crippen molar-refractivity contribution >= 4 is 11.9 Å². The van der Waals surface area contributed by atoms with Crippen molar-refractivity contribution in [3.63, 3.8) is 0 Å². The summed E-state index contributed by atoms with van der Waals surface area (Å²) < 4.78 is 26.8. The number of nitrogens with zero attached hydrogens (tertiary/aromatic N) is 1. The fourth-order valence-corrected chi connectivity index (χ4v) is 3.10. The largest absolute Gasteiger partial charge is 0.357 e. The number of hydrogen-bond acceptors (Lipinski definition) is 2. The van der Waals surface area contributed by atoms with Gasteiger partial charge in [-0.15, -0.1) is 0 Å². The lowest BCUT2D eigenvalue weighted by Gasteiger charge is -2.13. The molecule has 0 bridgehead atoms. The van der Waals surface area contributed by atoms with E-state index in [4.69, 9.17) is 0 Å². The molecule has 1 amide bonds. The molecule has 0 spiro atoms. The molecule has 3 N–H and O–H groups in total. The van der Waals surface area contributed by atoms with Crippen molar-refractivity contribution in [3.8, 4) is 0 Å². The first kappa shape index (κ1) is 20.1. The lowest BCUT2D eigenvalue weighted by molar-refractivity contribution is -0.121. The summed E-state index contributed by atoms with van der Waals surface area (Å²) in [7, 11) is 0. The van der Waals surface area contributed by atoms with Gasteiger partial charge in [0.15, 0.2) is 5.96 Å². The Kier molecular flexibility index (Phi) is 8.31. The highest BCUT2D eigenvalue weighted by Crippen LogP contribution is 2.27. The summed E-state index contributed by atoms with van der Waals surface area (Å²) in [5.74, 6) is 0.149. The Morgan fingerprint density at radius 3 is 2.62 bits per heavy atom. The minimum Gasteiger partial charge on any atom is -0.357 e. The van der Waals surface area contributed by atoms with E-state index in [9.17, 15) is 13.6 Å². The van der Waals surface area contributed by atoms with E-state index >= 15 is 0 Å². The van der Waals surface area contributed by atoms with Crippen molar-refractivity contribution in [2.45, 2.75) is 45.6 Å². The van der Waals surface area contributed by atoms with E-state index < -0.39 is 11.6 Å². The third-order valence-electron chi connectivity index (χ3n) is 4.45.